The normalized spacial score (nSPS) is 15.7. The molecule has 1 heterocycles. The minimum absolute atomic E-state index is 0.369. The van der Waals surface area contributed by atoms with Gasteiger partial charge in [0.15, 0.2) is 0 Å². The Labute approximate surface area is 168 Å². The third-order valence-electron chi connectivity index (χ3n) is 5.50. The Morgan fingerprint density at radius 2 is 1.66 bits per heavy atom. The van der Waals surface area contributed by atoms with Gasteiger partial charge >= 0.3 is 0 Å². The highest BCUT2D eigenvalue weighted by atomic mass is 15.3. The fourth-order valence-electron chi connectivity index (χ4n) is 3.96. The Balaban J connectivity index is 1.70. The van der Waals surface area contributed by atoms with E-state index in [-0.39, 0.29) is 0 Å². The number of hydrogen-bond acceptors (Lipinski definition) is 4. The van der Waals surface area contributed by atoms with E-state index in [1.165, 1.54) is 5.69 Å². The monoisotopic (exact) mass is 374 g/mol. The molecular weight excluding hydrogens is 356 g/mol. The van der Waals surface area contributed by atoms with Crippen LogP contribution in [-0.4, -0.2) is 13.3 Å². The Morgan fingerprint density at radius 1 is 0.931 bits per heavy atom. The standard InChI is InChI=1S/C25H18N4/c1-29-24-5-3-2-4-23(24)28-25(29)19-9-8-17-10-20-12-18(22(14-26)15-27)7-6-16(20)11-21(17)13-19/h2-14,26,28H,1H3/b22-18+,25-19+,26-14?. The van der Waals surface area contributed by atoms with Gasteiger partial charge in [0.1, 0.15) is 11.9 Å². The van der Waals surface area contributed by atoms with Crippen molar-refractivity contribution in [1.29, 1.82) is 10.7 Å². The van der Waals surface area contributed by atoms with E-state index in [2.05, 4.69) is 65.8 Å². The third kappa shape index (κ3) is 2.72. The minimum Gasteiger partial charge on any atom is -0.339 e. The fraction of sp³-hybridized carbons (Fsp3) is 0.0400. The average molecular weight is 374 g/mol. The second-order valence-electron chi connectivity index (χ2n) is 7.20. The highest BCUT2D eigenvalue weighted by Crippen LogP contribution is 2.34. The molecule has 4 aromatic rings. The summed E-state index contributed by atoms with van der Waals surface area (Å²) < 4.78 is 0. The van der Waals surface area contributed by atoms with Gasteiger partial charge in [-0.15, -0.1) is 0 Å². The predicted molar refractivity (Wildman–Crippen MR) is 120 cm³/mol. The fourth-order valence-corrected chi connectivity index (χ4v) is 3.96. The summed E-state index contributed by atoms with van der Waals surface area (Å²) in [5.41, 5.74) is 2.66. The lowest BCUT2D eigenvalue weighted by molar-refractivity contribution is 1.25. The number of rotatable bonds is 1. The molecular formula is C25H18N4. The van der Waals surface area contributed by atoms with E-state index >= 15 is 0 Å². The van der Waals surface area contributed by atoms with Crippen LogP contribution in [-0.2, 0) is 0 Å². The van der Waals surface area contributed by atoms with Crippen molar-refractivity contribution in [2.45, 2.75) is 0 Å². The number of nitriles is 1. The van der Waals surface area contributed by atoms with Crippen LogP contribution in [0.15, 0.2) is 72.8 Å². The average Bonchev–Trinajstić information content (AvgIpc) is 3.09. The Bertz CT molecular complexity index is 1470. The van der Waals surface area contributed by atoms with Gasteiger partial charge in [0, 0.05) is 18.5 Å². The molecule has 0 radical (unpaired) electrons. The van der Waals surface area contributed by atoms with Gasteiger partial charge in [-0.2, -0.15) is 5.26 Å². The molecule has 138 valence electrons. The van der Waals surface area contributed by atoms with Crippen molar-refractivity contribution < 1.29 is 0 Å². The lowest BCUT2D eigenvalue weighted by atomic mass is 10.0. The Hall–Kier alpha value is -4.10. The van der Waals surface area contributed by atoms with Crippen LogP contribution in [0.25, 0.3) is 32.9 Å². The van der Waals surface area contributed by atoms with Gasteiger partial charge in [0.2, 0.25) is 0 Å². The molecule has 1 aliphatic heterocycles. The van der Waals surface area contributed by atoms with E-state index in [0.29, 0.717) is 5.57 Å². The number of hydrogen-bond donors (Lipinski definition) is 2. The molecule has 0 spiro atoms. The van der Waals surface area contributed by atoms with E-state index in [1.54, 1.807) is 0 Å². The number of nitrogens with one attached hydrogen (secondary N) is 2. The molecule has 0 saturated carbocycles. The Morgan fingerprint density at radius 3 is 2.38 bits per heavy atom. The van der Waals surface area contributed by atoms with Gasteiger partial charge in [-0.05, 0) is 63.2 Å². The number of anilines is 2. The first-order chi connectivity index (χ1) is 14.2. The molecule has 0 saturated heterocycles. The van der Waals surface area contributed by atoms with Crippen molar-refractivity contribution in [2.24, 2.45) is 0 Å². The van der Waals surface area contributed by atoms with Crippen molar-refractivity contribution in [3.8, 4) is 6.07 Å². The Kier molecular flexibility index (Phi) is 3.82. The molecule has 0 aromatic heterocycles. The summed E-state index contributed by atoms with van der Waals surface area (Å²) in [5.74, 6) is 1.07. The van der Waals surface area contributed by atoms with Gasteiger partial charge in [-0.3, -0.25) is 0 Å². The molecule has 0 aliphatic carbocycles. The summed E-state index contributed by atoms with van der Waals surface area (Å²) in [6.45, 7) is 0. The van der Waals surface area contributed by atoms with E-state index in [4.69, 9.17) is 5.41 Å². The predicted octanol–water partition coefficient (Wildman–Crippen LogP) is 3.94. The largest absolute Gasteiger partial charge is 0.339 e. The summed E-state index contributed by atoms with van der Waals surface area (Å²) in [6.07, 6.45) is 1.11. The van der Waals surface area contributed by atoms with Gasteiger partial charge in [0.05, 0.1) is 16.9 Å². The van der Waals surface area contributed by atoms with Gasteiger partial charge in [-0.25, -0.2) is 0 Å². The first-order valence-electron chi connectivity index (χ1n) is 9.40. The molecule has 0 amide bonds. The van der Waals surface area contributed by atoms with Gasteiger partial charge in [-0.1, -0.05) is 36.4 Å². The first kappa shape index (κ1) is 17.0. The summed E-state index contributed by atoms with van der Waals surface area (Å²) in [4.78, 5) is 2.18. The van der Waals surface area contributed by atoms with E-state index < -0.39 is 0 Å². The smallest absolute Gasteiger partial charge is 0.118 e. The maximum atomic E-state index is 9.19. The SMILES string of the molecule is CN1/C(=c2\ccc3cc4c/c(=C(/C#N)C=N)ccc4cc3c2)Nc2ccccc21. The summed E-state index contributed by atoms with van der Waals surface area (Å²) in [6, 6.07) is 27.1. The third-order valence-corrected chi connectivity index (χ3v) is 5.50. The highest BCUT2D eigenvalue weighted by molar-refractivity contribution is 6.07. The zero-order valence-corrected chi connectivity index (χ0v) is 15.9. The topological polar surface area (TPSA) is 62.9 Å². The minimum atomic E-state index is 0.369. The van der Waals surface area contributed by atoms with Crippen molar-refractivity contribution in [3.63, 3.8) is 0 Å². The van der Waals surface area contributed by atoms with Crippen LogP contribution in [0.1, 0.15) is 0 Å². The van der Waals surface area contributed by atoms with Crippen molar-refractivity contribution in [2.75, 3.05) is 17.3 Å². The molecule has 0 unspecified atom stereocenters. The van der Waals surface area contributed by atoms with Crippen LogP contribution in [0.2, 0.25) is 0 Å². The lowest BCUT2D eigenvalue weighted by Gasteiger charge is -2.13. The summed E-state index contributed by atoms with van der Waals surface area (Å²) in [7, 11) is 2.08. The number of para-hydroxylation sites is 2. The second kappa shape index (κ2) is 6.50. The van der Waals surface area contributed by atoms with Crippen LogP contribution in [0, 0.1) is 16.7 Å². The van der Waals surface area contributed by atoms with Crippen LogP contribution < -0.4 is 20.7 Å². The molecule has 29 heavy (non-hydrogen) atoms. The van der Waals surface area contributed by atoms with E-state index in [1.807, 2.05) is 30.3 Å². The summed E-state index contributed by atoms with van der Waals surface area (Å²) in [5, 5.41) is 26.5. The second-order valence-corrected chi connectivity index (χ2v) is 7.20. The van der Waals surface area contributed by atoms with E-state index in [9.17, 15) is 5.26 Å². The molecule has 0 bridgehead atoms. The van der Waals surface area contributed by atoms with Gasteiger partial charge in [0.25, 0.3) is 0 Å². The number of benzene rings is 4. The van der Waals surface area contributed by atoms with Crippen LogP contribution >= 0.6 is 0 Å². The quantitative estimate of drug-likeness (QED) is 0.392. The molecule has 0 fully saturated rings. The molecule has 4 aromatic carbocycles. The van der Waals surface area contributed by atoms with Crippen LogP contribution in [0.4, 0.5) is 11.4 Å². The number of nitrogens with zero attached hydrogens (tertiary/aromatic N) is 2. The summed E-state index contributed by atoms with van der Waals surface area (Å²) >= 11 is 0. The zero-order valence-electron chi connectivity index (χ0n) is 15.9. The molecule has 0 atom stereocenters. The maximum Gasteiger partial charge on any atom is 0.118 e. The molecule has 2 N–H and O–H groups in total. The van der Waals surface area contributed by atoms with Gasteiger partial charge < -0.3 is 15.6 Å². The first-order valence-corrected chi connectivity index (χ1v) is 9.40. The molecule has 4 heteroatoms. The molecule has 1 aliphatic rings. The van der Waals surface area contributed by atoms with Crippen LogP contribution in [0.5, 0.6) is 0 Å². The van der Waals surface area contributed by atoms with E-state index in [0.717, 1.165) is 49.7 Å². The molecule has 5 rings (SSSR count). The lowest BCUT2D eigenvalue weighted by Crippen LogP contribution is -2.22. The maximum absolute atomic E-state index is 9.19. The van der Waals surface area contributed by atoms with Crippen molar-refractivity contribution in [1.82, 2.24) is 0 Å². The van der Waals surface area contributed by atoms with Crippen molar-refractivity contribution in [3.05, 3.63) is 83.2 Å². The van der Waals surface area contributed by atoms with Crippen LogP contribution in [0.3, 0.4) is 0 Å². The number of fused-ring (bicyclic) bond motifs is 3. The zero-order chi connectivity index (χ0) is 20.0. The highest BCUT2D eigenvalue weighted by Gasteiger charge is 2.19. The molecule has 4 nitrogen and oxygen atoms in total. The van der Waals surface area contributed by atoms with Crippen molar-refractivity contribution >= 4 is 50.5 Å².